The molecule has 2 fully saturated rings. The van der Waals surface area contributed by atoms with Gasteiger partial charge >= 0.3 is 0 Å². The van der Waals surface area contributed by atoms with E-state index in [-0.39, 0.29) is 6.04 Å². The number of nitriles is 1. The Balaban J connectivity index is 1.85. The summed E-state index contributed by atoms with van der Waals surface area (Å²) < 4.78 is 0. The molecule has 0 amide bonds. The summed E-state index contributed by atoms with van der Waals surface area (Å²) in [6.45, 7) is 6.61. The Kier molecular flexibility index (Phi) is 2.99. The molecule has 84 valence electrons. The van der Waals surface area contributed by atoms with Crippen molar-refractivity contribution in [3.63, 3.8) is 0 Å². The SMILES string of the molecule is CC1(C)CCCN1CC(C#N)NC1CC1. The number of nitrogens with zero attached hydrogens (tertiary/aromatic N) is 2. The van der Waals surface area contributed by atoms with E-state index in [0.29, 0.717) is 11.6 Å². The molecule has 15 heavy (non-hydrogen) atoms. The number of rotatable bonds is 4. The maximum atomic E-state index is 9.09. The van der Waals surface area contributed by atoms with Gasteiger partial charge < -0.3 is 0 Å². The summed E-state index contributed by atoms with van der Waals surface area (Å²) in [5, 5.41) is 12.5. The zero-order valence-corrected chi connectivity index (χ0v) is 9.79. The normalized spacial score (nSPS) is 27.5. The Morgan fingerprint density at radius 1 is 1.53 bits per heavy atom. The molecule has 3 heteroatoms. The fourth-order valence-electron chi connectivity index (χ4n) is 2.39. The van der Waals surface area contributed by atoms with Crippen LogP contribution in [0.25, 0.3) is 0 Å². The van der Waals surface area contributed by atoms with E-state index in [1.54, 1.807) is 0 Å². The van der Waals surface area contributed by atoms with Crippen molar-refractivity contribution in [2.75, 3.05) is 13.1 Å². The van der Waals surface area contributed by atoms with Crippen LogP contribution < -0.4 is 5.32 Å². The van der Waals surface area contributed by atoms with Gasteiger partial charge in [0.15, 0.2) is 0 Å². The number of hydrogen-bond acceptors (Lipinski definition) is 3. The lowest BCUT2D eigenvalue weighted by Gasteiger charge is -2.33. The van der Waals surface area contributed by atoms with E-state index in [0.717, 1.165) is 13.1 Å². The molecular weight excluding hydrogens is 186 g/mol. The summed E-state index contributed by atoms with van der Waals surface area (Å²) in [6, 6.07) is 3.03. The summed E-state index contributed by atoms with van der Waals surface area (Å²) in [5.41, 5.74) is 0.292. The standard InChI is InChI=1S/C12H21N3/c1-12(2)6-3-7-15(12)9-11(8-13)14-10-4-5-10/h10-11,14H,3-7,9H2,1-2H3. The number of hydrogen-bond donors (Lipinski definition) is 1. The van der Waals surface area contributed by atoms with E-state index in [2.05, 4.69) is 30.1 Å². The Morgan fingerprint density at radius 2 is 2.27 bits per heavy atom. The molecule has 1 aliphatic carbocycles. The minimum absolute atomic E-state index is 0.0230. The highest BCUT2D eigenvalue weighted by Gasteiger charge is 2.34. The van der Waals surface area contributed by atoms with Gasteiger partial charge in [0.25, 0.3) is 0 Å². The Hall–Kier alpha value is -0.590. The van der Waals surface area contributed by atoms with Crippen LogP contribution in [0.5, 0.6) is 0 Å². The van der Waals surface area contributed by atoms with Gasteiger partial charge in [-0.15, -0.1) is 0 Å². The van der Waals surface area contributed by atoms with Crippen LogP contribution in [0.4, 0.5) is 0 Å². The monoisotopic (exact) mass is 207 g/mol. The third-order valence-corrected chi connectivity index (χ3v) is 3.65. The highest BCUT2D eigenvalue weighted by molar-refractivity contribution is 5.00. The minimum atomic E-state index is 0.0230. The van der Waals surface area contributed by atoms with Gasteiger partial charge in [0.2, 0.25) is 0 Å². The van der Waals surface area contributed by atoms with Gasteiger partial charge in [-0.3, -0.25) is 10.2 Å². The molecule has 1 N–H and O–H groups in total. The van der Waals surface area contributed by atoms with Crippen molar-refractivity contribution < 1.29 is 0 Å². The fraction of sp³-hybridized carbons (Fsp3) is 0.917. The molecule has 1 heterocycles. The second-order valence-electron chi connectivity index (χ2n) is 5.48. The molecule has 2 rings (SSSR count). The molecule has 0 bridgehead atoms. The Bertz CT molecular complexity index is 263. The molecule has 0 aromatic carbocycles. The summed E-state index contributed by atoms with van der Waals surface area (Å²) in [7, 11) is 0. The second kappa shape index (κ2) is 4.11. The molecule has 0 aromatic heterocycles. The van der Waals surface area contributed by atoms with E-state index in [1.807, 2.05) is 0 Å². The zero-order chi connectivity index (χ0) is 10.9. The van der Waals surface area contributed by atoms with Gasteiger partial charge in [-0.2, -0.15) is 5.26 Å². The average Bonchev–Trinajstić information content (AvgIpc) is 2.92. The third kappa shape index (κ3) is 2.70. The number of nitrogens with one attached hydrogen (secondary N) is 1. The molecule has 1 saturated heterocycles. The summed E-state index contributed by atoms with van der Waals surface area (Å²) >= 11 is 0. The van der Waals surface area contributed by atoms with Crippen molar-refractivity contribution in [1.82, 2.24) is 10.2 Å². The average molecular weight is 207 g/mol. The van der Waals surface area contributed by atoms with Gasteiger partial charge in [0.05, 0.1) is 6.07 Å². The highest BCUT2D eigenvalue weighted by atomic mass is 15.2. The van der Waals surface area contributed by atoms with Crippen LogP contribution in [0.15, 0.2) is 0 Å². The molecule has 0 aromatic rings. The summed E-state index contributed by atoms with van der Waals surface area (Å²) in [4.78, 5) is 2.45. The molecule has 1 unspecified atom stereocenters. The van der Waals surface area contributed by atoms with Gasteiger partial charge in [-0.25, -0.2) is 0 Å². The molecule has 1 atom stereocenters. The molecule has 2 aliphatic rings. The van der Waals surface area contributed by atoms with Gasteiger partial charge in [-0.05, 0) is 46.1 Å². The highest BCUT2D eigenvalue weighted by Crippen LogP contribution is 2.28. The Labute approximate surface area is 92.4 Å². The molecule has 0 spiro atoms. The first-order chi connectivity index (χ1) is 7.12. The molecular formula is C12H21N3. The van der Waals surface area contributed by atoms with E-state index in [4.69, 9.17) is 5.26 Å². The van der Waals surface area contributed by atoms with Crippen molar-refractivity contribution in [2.45, 2.75) is 57.2 Å². The van der Waals surface area contributed by atoms with Crippen molar-refractivity contribution in [2.24, 2.45) is 0 Å². The third-order valence-electron chi connectivity index (χ3n) is 3.65. The molecule has 1 aliphatic heterocycles. The van der Waals surface area contributed by atoms with Crippen molar-refractivity contribution in [1.29, 1.82) is 5.26 Å². The van der Waals surface area contributed by atoms with E-state index in [1.165, 1.54) is 25.7 Å². The van der Waals surface area contributed by atoms with E-state index < -0.39 is 0 Å². The van der Waals surface area contributed by atoms with Crippen LogP contribution in [0.3, 0.4) is 0 Å². The maximum absolute atomic E-state index is 9.09. The first kappa shape index (κ1) is 10.9. The van der Waals surface area contributed by atoms with Crippen LogP contribution in [-0.4, -0.2) is 35.6 Å². The van der Waals surface area contributed by atoms with Crippen molar-refractivity contribution in [3.05, 3.63) is 0 Å². The second-order valence-corrected chi connectivity index (χ2v) is 5.48. The quantitative estimate of drug-likeness (QED) is 0.759. The first-order valence-electron chi connectivity index (χ1n) is 6.02. The van der Waals surface area contributed by atoms with Crippen LogP contribution >= 0.6 is 0 Å². The topological polar surface area (TPSA) is 39.1 Å². The van der Waals surface area contributed by atoms with E-state index >= 15 is 0 Å². The van der Waals surface area contributed by atoms with Crippen LogP contribution in [0.2, 0.25) is 0 Å². The summed E-state index contributed by atoms with van der Waals surface area (Å²) in [5.74, 6) is 0. The van der Waals surface area contributed by atoms with Crippen LogP contribution in [0.1, 0.15) is 39.5 Å². The van der Waals surface area contributed by atoms with E-state index in [9.17, 15) is 0 Å². The first-order valence-corrected chi connectivity index (χ1v) is 6.02. The lowest BCUT2D eigenvalue weighted by molar-refractivity contribution is 0.165. The number of likely N-dealkylation sites (tertiary alicyclic amines) is 1. The van der Waals surface area contributed by atoms with Crippen LogP contribution in [-0.2, 0) is 0 Å². The summed E-state index contributed by atoms with van der Waals surface area (Å²) in [6.07, 6.45) is 5.03. The van der Waals surface area contributed by atoms with Gasteiger partial charge in [0.1, 0.15) is 6.04 Å². The molecule has 1 saturated carbocycles. The maximum Gasteiger partial charge on any atom is 0.108 e. The fourth-order valence-corrected chi connectivity index (χ4v) is 2.39. The smallest absolute Gasteiger partial charge is 0.108 e. The zero-order valence-electron chi connectivity index (χ0n) is 9.79. The van der Waals surface area contributed by atoms with Gasteiger partial charge in [-0.1, -0.05) is 0 Å². The minimum Gasteiger partial charge on any atom is -0.298 e. The largest absolute Gasteiger partial charge is 0.298 e. The predicted molar refractivity (Wildman–Crippen MR) is 60.4 cm³/mol. The lowest BCUT2D eigenvalue weighted by atomic mass is 10.0. The Morgan fingerprint density at radius 3 is 2.73 bits per heavy atom. The van der Waals surface area contributed by atoms with Crippen LogP contribution in [0, 0.1) is 11.3 Å². The lowest BCUT2D eigenvalue weighted by Crippen LogP contribution is -2.47. The molecule has 3 nitrogen and oxygen atoms in total. The predicted octanol–water partition coefficient (Wildman–Crippen LogP) is 1.50. The van der Waals surface area contributed by atoms with Crippen molar-refractivity contribution >= 4 is 0 Å². The molecule has 0 radical (unpaired) electrons. The van der Waals surface area contributed by atoms with Crippen molar-refractivity contribution in [3.8, 4) is 6.07 Å². The van der Waals surface area contributed by atoms with Gasteiger partial charge in [0, 0.05) is 18.1 Å².